The molecular weight excluding hydrogens is 424 g/mol. The van der Waals surface area contributed by atoms with E-state index in [1.807, 2.05) is 36.4 Å². The van der Waals surface area contributed by atoms with Crippen molar-refractivity contribution in [1.82, 2.24) is 28.2 Å². The van der Waals surface area contributed by atoms with Gasteiger partial charge in [-0.2, -0.15) is 0 Å². The Kier molecular flexibility index (Phi) is 5.18. The van der Waals surface area contributed by atoms with Crippen LogP contribution in [0.1, 0.15) is 6.42 Å². The van der Waals surface area contributed by atoms with Gasteiger partial charge in [-0.3, -0.25) is 18.5 Å². The summed E-state index contributed by atoms with van der Waals surface area (Å²) in [5.74, 6) is 0.717. The van der Waals surface area contributed by atoms with Crippen molar-refractivity contribution in [2.24, 2.45) is 14.1 Å². The standard InChI is InChI=1S/C23H22N6O2S/c1-26-15-24-20-19(26)21(30)28(23(31)27(20)2)13-8-14-32-22-25-17-11-6-7-12-18(17)29(22)16-9-4-3-5-10-16/h3-7,9-12,15H,8,13-14H2,1-2H3. The maximum Gasteiger partial charge on any atom is 0.332 e. The summed E-state index contributed by atoms with van der Waals surface area (Å²) in [7, 11) is 3.40. The molecule has 0 N–H and O–H groups in total. The van der Waals surface area contributed by atoms with E-state index in [9.17, 15) is 9.59 Å². The summed E-state index contributed by atoms with van der Waals surface area (Å²) < 4.78 is 6.53. The highest BCUT2D eigenvalue weighted by Crippen LogP contribution is 2.28. The lowest BCUT2D eigenvalue weighted by Crippen LogP contribution is -2.39. The molecule has 32 heavy (non-hydrogen) atoms. The Morgan fingerprint density at radius 3 is 2.53 bits per heavy atom. The summed E-state index contributed by atoms with van der Waals surface area (Å²) in [5.41, 5.74) is 3.23. The van der Waals surface area contributed by atoms with Gasteiger partial charge < -0.3 is 4.57 Å². The van der Waals surface area contributed by atoms with Crippen LogP contribution in [0.4, 0.5) is 0 Å². The molecule has 162 valence electrons. The van der Waals surface area contributed by atoms with Gasteiger partial charge in [-0.1, -0.05) is 42.1 Å². The Morgan fingerprint density at radius 1 is 0.969 bits per heavy atom. The lowest BCUT2D eigenvalue weighted by atomic mass is 10.3. The van der Waals surface area contributed by atoms with Crippen LogP contribution in [-0.4, -0.2) is 34.0 Å². The number of para-hydroxylation sites is 3. The van der Waals surface area contributed by atoms with E-state index in [1.54, 1.807) is 36.8 Å². The van der Waals surface area contributed by atoms with Crippen molar-refractivity contribution in [3.63, 3.8) is 0 Å². The highest BCUT2D eigenvalue weighted by molar-refractivity contribution is 7.99. The van der Waals surface area contributed by atoms with Crippen LogP contribution in [0.2, 0.25) is 0 Å². The van der Waals surface area contributed by atoms with Crippen molar-refractivity contribution in [3.8, 4) is 5.69 Å². The molecule has 0 aliphatic rings. The first-order valence-corrected chi connectivity index (χ1v) is 11.3. The number of hydrogen-bond donors (Lipinski definition) is 0. The van der Waals surface area contributed by atoms with Gasteiger partial charge in [0.05, 0.1) is 17.4 Å². The van der Waals surface area contributed by atoms with Crippen molar-refractivity contribution >= 4 is 34.0 Å². The third kappa shape index (κ3) is 3.34. The topological polar surface area (TPSA) is 79.6 Å². The Labute approximate surface area is 187 Å². The number of rotatable bonds is 6. The second-order valence-corrected chi connectivity index (χ2v) is 8.64. The molecule has 0 aliphatic heterocycles. The van der Waals surface area contributed by atoms with E-state index in [0.717, 1.165) is 27.6 Å². The molecule has 0 bridgehead atoms. The van der Waals surface area contributed by atoms with Crippen LogP contribution in [0.25, 0.3) is 27.9 Å². The van der Waals surface area contributed by atoms with Gasteiger partial charge in [0, 0.05) is 32.1 Å². The van der Waals surface area contributed by atoms with Gasteiger partial charge in [0.1, 0.15) is 0 Å². The third-order valence-corrected chi connectivity index (χ3v) is 6.53. The molecule has 9 heteroatoms. The average Bonchev–Trinajstić information content (AvgIpc) is 3.38. The zero-order valence-corrected chi connectivity index (χ0v) is 18.6. The number of nitrogens with zero attached hydrogens (tertiary/aromatic N) is 6. The van der Waals surface area contributed by atoms with E-state index in [-0.39, 0.29) is 11.2 Å². The number of hydrogen-bond acceptors (Lipinski definition) is 5. The minimum Gasteiger partial charge on any atom is -0.328 e. The van der Waals surface area contributed by atoms with E-state index in [2.05, 4.69) is 27.8 Å². The zero-order valence-electron chi connectivity index (χ0n) is 17.8. The predicted octanol–water partition coefficient (Wildman–Crippen LogP) is 2.96. The Bertz CT molecular complexity index is 1540. The van der Waals surface area contributed by atoms with Gasteiger partial charge in [-0.25, -0.2) is 14.8 Å². The predicted molar refractivity (Wildman–Crippen MR) is 127 cm³/mol. The smallest absolute Gasteiger partial charge is 0.328 e. The van der Waals surface area contributed by atoms with Crippen LogP contribution in [0.5, 0.6) is 0 Å². The molecule has 0 unspecified atom stereocenters. The Balaban J connectivity index is 1.40. The maximum absolute atomic E-state index is 12.9. The number of fused-ring (bicyclic) bond motifs is 2. The molecule has 8 nitrogen and oxygen atoms in total. The van der Waals surface area contributed by atoms with Crippen molar-refractivity contribution < 1.29 is 0 Å². The summed E-state index contributed by atoms with van der Waals surface area (Å²) in [6.45, 7) is 0.338. The van der Waals surface area contributed by atoms with Crippen molar-refractivity contribution in [2.75, 3.05) is 5.75 Å². The molecule has 2 aromatic carbocycles. The largest absolute Gasteiger partial charge is 0.332 e. The van der Waals surface area contributed by atoms with Crippen LogP contribution in [-0.2, 0) is 20.6 Å². The van der Waals surface area contributed by atoms with Crippen LogP contribution in [0.3, 0.4) is 0 Å². The Hall–Kier alpha value is -3.59. The monoisotopic (exact) mass is 446 g/mol. The number of aryl methyl sites for hydroxylation is 2. The van der Waals surface area contributed by atoms with Gasteiger partial charge in [-0.15, -0.1) is 0 Å². The fraction of sp³-hybridized carbons (Fsp3) is 0.217. The lowest BCUT2D eigenvalue weighted by molar-refractivity contribution is 0.594. The highest BCUT2D eigenvalue weighted by Gasteiger charge is 2.16. The molecule has 0 saturated heterocycles. The van der Waals surface area contributed by atoms with Gasteiger partial charge in [0.25, 0.3) is 5.56 Å². The highest BCUT2D eigenvalue weighted by atomic mass is 32.2. The molecule has 0 radical (unpaired) electrons. The van der Waals surface area contributed by atoms with Crippen molar-refractivity contribution in [3.05, 3.63) is 81.8 Å². The molecule has 5 rings (SSSR count). The number of imidazole rings is 2. The van der Waals surface area contributed by atoms with Gasteiger partial charge in [0.2, 0.25) is 0 Å². The minimum absolute atomic E-state index is 0.301. The molecule has 0 amide bonds. The van der Waals surface area contributed by atoms with Crippen LogP contribution < -0.4 is 11.2 Å². The molecule has 0 atom stereocenters. The maximum atomic E-state index is 12.9. The molecule has 0 saturated carbocycles. The number of thioether (sulfide) groups is 1. The normalized spacial score (nSPS) is 11.6. The van der Waals surface area contributed by atoms with E-state index >= 15 is 0 Å². The molecule has 3 heterocycles. The van der Waals surface area contributed by atoms with Gasteiger partial charge >= 0.3 is 5.69 Å². The molecule has 5 aromatic rings. The summed E-state index contributed by atoms with van der Waals surface area (Å²) >= 11 is 1.62. The second-order valence-electron chi connectivity index (χ2n) is 7.58. The van der Waals surface area contributed by atoms with Crippen LogP contribution in [0, 0.1) is 0 Å². The summed E-state index contributed by atoms with van der Waals surface area (Å²) in [5, 5.41) is 0.889. The molecule has 0 aliphatic carbocycles. The van der Waals surface area contributed by atoms with E-state index in [1.165, 1.54) is 9.13 Å². The van der Waals surface area contributed by atoms with E-state index in [4.69, 9.17) is 4.98 Å². The molecule has 0 fully saturated rings. The SMILES string of the molecule is Cn1cnc2c1c(=O)n(CCCSc1nc3ccccc3n1-c1ccccc1)c(=O)n2C. The van der Waals surface area contributed by atoms with E-state index < -0.39 is 0 Å². The molecule has 3 aromatic heterocycles. The zero-order chi connectivity index (χ0) is 22.2. The lowest BCUT2D eigenvalue weighted by Gasteiger charge is -2.10. The fourth-order valence-electron chi connectivity index (χ4n) is 3.91. The average molecular weight is 447 g/mol. The summed E-state index contributed by atoms with van der Waals surface area (Å²) in [6.07, 6.45) is 2.21. The summed E-state index contributed by atoms with van der Waals surface area (Å²) in [4.78, 5) is 34.5. The first-order valence-electron chi connectivity index (χ1n) is 10.3. The molecular formula is C23H22N6O2S. The van der Waals surface area contributed by atoms with Crippen LogP contribution >= 0.6 is 11.8 Å². The van der Waals surface area contributed by atoms with Crippen molar-refractivity contribution in [2.45, 2.75) is 18.1 Å². The van der Waals surface area contributed by atoms with E-state index in [0.29, 0.717) is 24.1 Å². The van der Waals surface area contributed by atoms with Crippen molar-refractivity contribution in [1.29, 1.82) is 0 Å². The fourth-order valence-corrected chi connectivity index (χ4v) is 4.86. The van der Waals surface area contributed by atoms with Gasteiger partial charge in [-0.05, 0) is 30.7 Å². The minimum atomic E-state index is -0.345. The third-order valence-electron chi connectivity index (χ3n) is 5.50. The Morgan fingerprint density at radius 2 is 1.72 bits per heavy atom. The second kappa shape index (κ2) is 8.16. The quantitative estimate of drug-likeness (QED) is 0.296. The summed E-state index contributed by atoms with van der Waals surface area (Å²) in [6, 6.07) is 18.2. The van der Waals surface area contributed by atoms with Crippen LogP contribution in [0.15, 0.2) is 75.7 Å². The first kappa shape index (κ1) is 20.3. The number of benzene rings is 2. The first-order chi connectivity index (χ1) is 15.6. The molecule has 0 spiro atoms. The van der Waals surface area contributed by atoms with Gasteiger partial charge in [0.15, 0.2) is 16.3 Å². The number of aromatic nitrogens is 6.